The van der Waals surface area contributed by atoms with Gasteiger partial charge in [0.05, 0.1) is 6.20 Å². The van der Waals surface area contributed by atoms with Gasteiger partial charge in [-0.3, -0.25) is 14.6 Å². The lowest BCUT2D eigenvalue weighted by molar-refractivity contribution is -0.155. The Morgan fingerprint density at radius 1 is 1.11 bits per heavy atom. The zero-order valence-corrected chi connectivity index (χ0v) is 16.7. The van der Waals surface area contributed by atoms with Crippen molar-refractivity contribution in [2.45, 2.75) is 58.8 Å². The fourth-order valence-electron chi connectivity index (χ4n) is 7.41. The molecule has 4 heteroatoms. The third-order valence-electron chi connectivity index (χ3n) is 8.88. The predicted octanol–water partition coefficient (Wildman–Crippen LogP) is 5.00. The molecule has 0 spiro atoms. The maximum absolute atomic E-state index is 13.8. The molecule has 0 N–H and O–H groups in total. The van der Waals surface area contributed by atoms with Crippen molar-refractivity contribution in [1.29, 1.82) is 0 Å². The van der Waals surface area contributed by atoms with E-state index in [0.29, 0.717) is 42.8 Å². The lowest BCUT2D eigenvalue weighted by atomic mass is 9.44. The minimum atomic E-state index is -0.297. The van der Waals surface area contributed by atoms with Crippen molar-refractivity contribution in [3.63, 3.8) is 0 Å². The van der Waals surface area contributed by atoms with Gasteiger partial charge in [-0.15, -0.1) is 0 Å². The summed E-state index contributed by atoms with van der Waals surface area (Å²) >= 11 is 0. The van der Waals surface area contributed by atoms with Crippen molar-refractivity contribution in [3.05, 3.63) is 35.9 Å². The molecule has 0 saturated heterocycles. The summed E-state index contributed by atoms with van der Waals surface area (Å²) in [4.78, 5) is 29.2. The average Bonchev–Trinajstić information content (AvgIpc) is 3.01. The van der Waals surface area contributed by atoms with Gasteiger partial charge in [0, 0.05) is 31.4 Å². The van der Waals surface area contributed by atoms with Crippen LogP contribution in [-0.4, -0.2) is 16.6 Å². The molecule has 0 amide bonds. The first-order valence-corrected chi connectivity index (χ1v) is 10.7. The number of hydrogen-bond donors (Lipinski definition) is 0. The highest BCUT2D eigenvalue weighted by Crippen LogP contribution is 2.66. The van der Waals surface area contributed by atoms with Gasteiger partial charge in [0.25, 0.3) is 0 Å². The average molecular weight is 381 g/mol. The standard InChI is InChI=1S/C24H28FNO2/c1-23-8-6-20-17(11-22(28)21-10-16(27)5-7-24(20,21)2)19(23)4-3-18(23)14-9-15(25)13-26-12-14/h3,9,12-13,17,19-21H,4-8,10-11H2,1-2H3/t17-,19-,20-,21?,23+,24+/m0/s1. The minimum Gasteiger partial charge on any atom is -0.300 e. The van der Waals surface area contributed by atoms with Crippen LogP contribution in [0.4, 0.5) is 4.39 Å². The summed E-state index contributed by atoms with van der Waals surface area (Å²) in [6, 6.07) is 1.59. The molecule has 4 aliphatic rings. The van der Waals surface area contributed by atoms with Gasteiger partial charge in [0.1, 0.15) is 17.4 Å². The second-order valence-corrected chi connectivity index (χ2v) is 10.0. The predicted molar refractivity (Wildman–Crippen MR) is 105 cm³/mol. The molecule has 0 bridgehead atoms. The Labute approximate surface area is 165 Å². The normalized spacial score (nSPS) is 42.5. The highest BCUT2D eigenvalue weighted by atomic mass is 19.1. The number of rotatable bonds is 1. The van der Waals surface area contributed by atoms with E-state index in [2.05, 4.69) is 24.9 Å². The molecule has 0 radical (unpaired) electrons. The highest BCUT2D eigenvalue weighted by Gasteiger charge is 2.60. The molecule has 4 aliphatic carbocycles. The molecule has 28 heavy (non-hydrogen) atoms. The van der Waals surface area contributed by atoms with Crippen LogP contribution in [0.2, 0.25) is 0 Å². The number of pyridine rings is 1. The number of hydrogen-bond acceptors (Lipinski definition) is 3. The fraction of sp³-hybridized carbons (Fsp3) is 0.625. The second-order valence-electron chi connectivity index (χ2n) is 10.0. The molecule has 1 heterocycles. The molecule has 3 nitrogen and oxygen atoms in total. The molecule has 0 aliphatic heterocycles. The van der Waals surface area contributed by atoms with Crippen LogP contribution in [0.1, 0.15) is 64.4 Å². The SMILES string of the molecule is C[C@]12CCC(=O)CC1C(=O)C[C@@H]1[C@@H]2CC[C@]2(C)C(c3cncc(F)c3)=CC[C@@H]12. The van der Waals surface area contributed by atoms with Crippen molar-refractivity contribution in [2.24, 2.45) is 34.5 Å². The maximum atomic E-state index is 13.8. The van der Waals surface area contributed by atoms with E-state index in [4.69, 9.17) is 0 Å². The van der Waals surface area contributed by atoms with Crippen LogP contribution >= 0.6 is 0 Å². The zero-order chi connectivity index (χ0) is 19.7. The number of nitrogens with zero attached hydrogens (tertiary/aromatic N) is 1. The quantitative estimate of drug-likeness (QED) is 0.687. The Hall–Kier alpha value is -1.84. The van der Waals surface area contributed by atoms with E-state index in [9.17, 15) is 14.0 Å². The van der Waals surface area contributed by atoms with E-state index in [1.807, 2.05) is 0 Å². The number of carbonyl (C=O) groups is 2. The Kier molecular flexibility index (Phi) is 3.95. The summed E-state index contributed by atoms with van der Waals surface area (Å²) in [6.45, 7) is 4.59. The number of carbonyl (C=O) groups excluding carboxylic acids is 2. The van der Waals surface area contributed by atoms with Gasteiger partial charge in [-0.1, -0.05) is 19.9 Å². The number of ketones is 2. The smallest absolute Gasteiger partial charge is 0.142 e. The summed E-state index contributed by atoms with van der Waals surface area (Å²) < 4.78 is 13.8. The van der Waals surface area contributed by atoms with Crippen LogP contribution in [-0.2, 0) is 9.59 Å². The number of Topliss-reactive ketones (excluding diaryl/α,β-unsaturated/α-hetero) is 2. The van der Waals surface area contributed by atoms with Crippen LogP contribution in [0.3, 0.4) is 0 Å². The maximum Gasteiger partial charge on any atom is 0.142 e. The van der Waals surface area contributed by atoms with E-state index in [1.54, 1.807) is 12.3 Å². The largest absolute Gasteiger partial charge is 0.300 e. The van der Waals surface area contributed by atoms with Crippen molar-refractivity contribution in [3.8, 4) is 0 Å². The van der Waals surface area contributed by atoms with Gasteiger partial charge in [0.15, 0.2) is 0 Å². The fourth-order valence-corrected chi connectivity index (χ4v) is 7.41. The summed E-state index contributed by atoms with van der Waals surface area (Å²) in [5.41, 5.74) is 2.04. The molecule has 0 aromatic carbocycles. The minimum absolute atomic E-state index is 0.0232. The first-order valence-electron chi connectivity index (χ1n) is 10.7. The number of fused-ring (bicyclic) bond motifs is 5. The topological polar surface area (TPSA) is 47.0 Å². The summed E-state index contributed by atoms with van der Waals surface area (Å²) in [5.74, 6) is 1.51. The Balaban J connectivity index is 1.48. The van der Waals surface area contributed by atoms with Crippen molar-refractivity contribution in [2.75, 3.05) is 0 Å². The molecule has 148 valence electrons. The first kappa shape index (κ1) is 18.2. The summed E-state index contributed by atoms with van der Waals surface area (Å²) in [6.07, 6.45) is 11.0. The van der Waals surface area contributed by atoms with Crippen LogP contribution in [0.15, 0.2) is 24.5 Å². The van der Waals surface area contributed by atoms with E-state index in [0.717, 1.165) is 31.2 Å². The summed E-state index contributed by atoms with van der Waals surface area (Å²) in [7, 11) is 0. The van der Waals surface area contributed by atoms with Crippen LogP contribution in [0.5, 0.6) is 0 Å². The third kappa shape index (κ3) is 2.42. The monoisotopic (exact) mass is 381 g/mol. The van der Waals surface area contributed by atoms with Crippen LogP contribution in [0.25, 0.3) is 5.57 Å². The molecule has 5 rings (SSSR count). The Morgan fingerprint density at radius 2 is 1.93 bits per heavy atom. The second kappa shape index (κ2) is 6.08. The van der Waals surface area contributed by atoms with Crippen molar-refractivity contribution < 1.29 is 14.0 Å². The third-order valence-corrected chi connectivity index (χ3v) is 8.88. The molecule has 1 aromatic heterocycles. The molecule has 3 fully saturated rings. The lowest BCUT2D eigenvalue weighted by Gasteiger charge is -2.59. The summed E-state index contributed by atoms with van der Waals surface area (Å²) in [5, 5.41) is 0. The van der Waals surface area contributed by atoms with Crippen molar-refractivity contribution in [1.82, 2.24) is 4.98 Å². The molecule has 1 unspecified atom stereocenters. The van der Waals surface area contributed by atoms with Gasteiger partial charge in [-0.05, 0) is 71.5 Å². The van der Waals surface area contributed by atoms with Crippen LogP contribution < -0.4 is 0 Å². The van der Waals surface area contributed by atoms with E-state index in [1.165, 1.54) is 11.8 Å². The van der Waals surface area contributed by atoms with Gasteiger partial charge < -0.3 is 0 Å². The van der Waals surface area contributed by atoms with Gasteiger partial charge in [0.2, 0.25) is 0 Å². The van der Waals surface area contributed by atoms with E-state index >= 15 is 0 Å². The van der Waals surface area contributed by atoms with Gasteiger partial charge in [-0.2, -0.15) is 0 Å². The first-order chi connectivity index (χ1) is 13.3. The number of aromatic nitrogens is 1. The van der Waals surface area contributed by atoms with E-state index in [-0.39, 0.29) is 28.3 Å². The molecule has 1 aromatic rings. The van der Waals surface area contributed by atoms with Crippen molar-refractivity contribution >= 4 is 17.1 Å². The zero-order valence-electron chi connectivity index (χ0n) is 16.7. The van der Waals surface area contributed by atoms with Crippen LogP contribution in [0, 0.1) is 40.3 Å². The Bertz CT molecular complexity index is 892. The molecule has 6 atom stereocenters. The number of allylic oxidation sites excluding steroid dienone is 2. The van der Waals surface area contributed by atoms with Gasteiger partial charge in [-0.25, -0.2) is 4.39 Å². The lowest BCUT2D eigenvalue weighted by Crippen LogP contribution is -2.56. The molecule has 3 saturated carbocycles. The van der Waals surface area contributed by atoms with Gasteiger partial charge >= 0.3 is 0 Å². The number of halogens is 1. The molecular formula is C24H28FNO2. The Morgan fingerprint density at radius 3 is 2.71 bits per heavy atom. The highest BCUT2D eigenvalue weighted by molar-refractivity contribution is 5.91. The van der Waals surface area contributed by atoms with E-state index < -0.39 is 0 Å². The molecular weight excluding hydrogens is 353 g/mol.